The van der Waals surface area contributed by atoms with Gasteiger partial charge in [-0.15, -0.1) is 0 Å². The molecular weight excluding hydrogens is 382 g/mol. The van der Waals surface area contributed by atoms with Crippen molar-refractivity contribution in [3.63, 3.8) is 0 Å². The number of likely N-dealkylation sites (tertiary alicyclic amines) is 1. The summed E-state index contributed by atoms with van der Waals surface area (Å²) in [4.78, 5) is 0. The first-order valence-electron chi connectivity index (χ1n) is 12.2. The van der Waals surface area contributed by atoms with E-state index in [1.54, 1.807) is 0 Å². The molecular formula is C24H50BrN. The lowest BCUT2D eigenvalue weighted by Gasteiger charge is -2.37. The van der Waals surface area contributed by atoms with Crippen molar-refractivity contribution in [1.82, 2.24) is 0 Å². The fourth-order valence-electron chi connectivity index (χ4n) is 4.70. The standard InChI is InChI=1S/C24H50N.BrH/c1-3-5-6-7-8-9-10-11-12-13-14-15-16-19-22-25(4-2)23-20-17-18-21-24-25;/h3-24H2,1-2H3;1H/q+1;/p-1. The Balaban J connectivity index is 0.00000625. The molecule has 0 radical (unpaired) electrons. The van der Waals surface area contributed by atoms with Crippen LogP contribution in [0.5, 0.6) is 0 Å². The van der Waals surface area contributed by atoms with Crippen molar-refractivity contribution in [1.29, 1.82) is 0 Å². The fourth-order valence-corrected chi connectivity index (χ4v) is 4.70. The highest BCUT2D eigenvalue weighted by atomic mass is 79.9. The summed E-state index contributed by atoms with van der Waals surface area (Å²) in [6.45, 7) is 10.5. The zero-order chi connectivity index (χ0) is 18.1. The van der Waals surface area contributed by atoms with Crippen LogP contribution in [-0.2, 0) is 0 Å². The molecule has 158 valence electrons. The molecule has 1 aliphatic heterocycles. The van der Waals surface area contributed by atoms with Crippen molar-refractivity contribution in [3.05, 3.63) is 0 Å². The zero-order valence-electron chi connectivity index (χ0n) is 18.4. The van der Waals surface area contributed by atoms with E-state index < -0.39 is 0 Å². The SMILES string of the molecule is CCCCCCCCCCCCCCCC[N+]1(CC)CCCCCC1.[Br-]. The molecule has 0 aromatic heterocycles. The van der Waals surface area contributed by atoms with Gasteiger partial charge in [-0.2, -0.15) is 0 Å². The van der Waals surface area contributed by atoms with Crippen LogP contribution in [0.1, 0.15) is 129 Å². The van der Waals surface area contributed by atoms with Crippen molar-refractivity contribution in [3.8, 4) is 0 Å². The maximum atomic E-state index is 2.43. The smallest absolute Gasteiger partial charge is 0.0786 e. The molecule has 0 bridgehead atoms. The number of unbranched alkanes of at least 4 members (excludes halogenated alkanes) is 13. The van der Waals surface area contributed by atoms with Crippen LogP contribution in [0.25, 0.3) is 0 Å². The molecule has 0 atom stereocenters. The summed E-state index contributed by atoms with van der Waals surface area (Å²) in [5, 5.41) is 0. The van der Waals surface area contributed by atoms with Crippen LogP contribution in [-0.4, -0.2) is 30.7 Å². The molecule has 1 saturated heterocycles. The molecule has 0 aromatic carbocycles. The quantitative estimate of drug-likeness (QED) is 0.241. The van der Waals surface area contributed by atoms with Crippen molar-refractivity contribution in [2.75, 3.05) is 26.2 Å². The lowest BCUT2D eigenvalue weighted by molar-refractivity contribution is -0.926. The predicted octanol–water partition coefficient (Wildman–Crippen LogP) is 4.88. The summed E-state index contributed by atoms with van der Waals surface area (Å²) < 4.78 is 1.44. The van der Waals surface area contributed by atoms with Crippen LogP contribution in [0.3, 0.4) is 0 Å². The molecule has 2 heteroatoms. The number of quaternary nitrogens is 1. The highest BCUT2D eigenvalue weighted by Gasteiger charge is 2.25. The maximum absolute atomic E-state index is 2.43. The normalized spacial score (nSPS) is 16.8. The molecule has 1 fully saturated rings. The molecule has 0 spiro atoms. The summed E-state index contributed by atoms with van der Waals surface area (Å²) in [7, 11) is 0. The molecule has 0 unspecified atom stereocenters. The highest BCUT2D eigenvalue weighted by molar-refractivity contribution is 4.55. The van der Waals surface area contributed by atoms with E-state index in [1.807, 2.05) is 0 Å². The monoisotopic (exact) mass is 431 g/mol. The molecule has 0 saturated carbocycles. The molecule has 1 heterocycles. The topological polar surface area (TPSA) is 0 Å². The summed E-state index contributed by atoms with van der Waals surface area (Å²) >= 11 is 0. The Morgan fingerprint density at radius 1 is 0.500 bits per heavy atom. The average Bonchev–Trinajstić information content (AvgIpc) is 2.88. The molecule has 0 N–H and O–H groups in total. The van der Waals surface area contributed by atoms with E-state index in [9.17, 15) is 0 Å². The van der Waals surface area contributed by atoms with Gasteiger partial charge in [0.25, 0.3) is 0 Å². The molecule has 1 nitrogen and oxygen atoms in total. The number of nitrogens with zero attached hydrogens (tertiary/aromatic N) is 1. The van der Waals surface area contributed by atoms with E-state index in [1.165, 1.54) is 146 Å². The number of rotatable bonds is 16. The van der Waals surface area contributed by atoms with Gasteiger partial charge in [0.1, 0.15) is 0 Å². The Morgan fingerprint density at radius 3 is 1.27 bits per heavy atom. The van der Waals surface area contributed by atoms with Crippen LogP contribution < -0.4 is 17.0 Å². The third-order valence-corrected chi connectivity index (χ3v) is 6.67. The minimum atomic E-state index is 0. The third kappa shape index (κ3) is 13.6. The Bertz CT molecular complexity index is 271. The fraction of sp³-hybridized carbons (Fsp3) is 1.00. The van der Waals surface area contributed by atoms with Gasteiger partial charge in [0.2, 0.25) is 0 Å². The predicted molar refractivity (Wildman–Crippen MR) is 114 cm³/mol. The third-order valence-electron chi connectivity index (χ3n) is 6.67. The highest BCUT2D eigenvalue weighted by Crippen LogP contribution is 2.20. The lowest BCUT2D eigenvalue weighted by Crippen LogP contribution is -3.00. The summed E-state index contributed by atoms with van der Waals surface area (Å²) in [6, 6.07) is 0. The van der Waals surface area contributed by atoms with Gasteiger partial charge in [-0.3, -0.25) is 0 Å². The van der Waals surface area contributed by atoms with E-state index in [-0.39, 0.29) is 17.0 Å². The molecule has 26 heavy (non-hydrogen) atoms. The number of hydrogen-bond acceptors (Lipinski definition) is 0. The van der Waals surface area contributed by atoms with Gasteiger partial charge < -0.3 is 21.5 Å². The summed E-state index contributed by atoms with van der Waals surface area (Å²) in [5.41, 5.74) is 0. The molecule has 1 rings (SSSR count). The minimum Gasteiger partial charge on any atom is -1.00 e. The molecule has 0 aliphatic carbocycles. The minimum absolute atomic E-state index is 0. The lowest BCUT2D eigenvalue weighted by atomic mass is 10.0. The molecule has 1 aliphatic rings. The maximum Gasteiger partial charge on any atom is 0.0786 e. The van der Waals surface area contributed by atoms with Crippen molar-refractivity contribution < 1.29 is 21.5 Å². The van der Waals surface area contributed by atoms with E-state index in [0.717, 1.165) is 0 Å². The van der Waals surface area contributed by atoms with Crippen LogP contribution in [0, 0.1) is 0 Å². The summed E-state index contributed by atoms with van der Waals surface area (Å²) in [6.07, 6.45) is 26.6. The van der Waals surface area contributed by atoms with Crippen LogP contribution in [0.15, 0.2) is 0 Å². The first kappa shape index (κ1) is 26.4. The molecule has 0 aromatic rings. The van der Waals surface area contributed by atoms with E-state index >= 15 is 0 Å². The Kier molecular flexibility index (Phi) is 19.1. The average molecular weight is 433 g/mol. The van der Waals surface area contributed by atoms with Gasteiger partial charge in [-0.05, 0) is 45.4 Å². The van der Waals surface area contributed by atoms with Crippen LogP contribution in [0.2, 0.25) is 0 Å². The first-order valence-corrected chi connectivity index (χ1v) is 12.2. The van der Waals surface area contributed by atoms with Crippen molar-refractivity contribution >= 4 is 0 Å². The van der Waals surface area contributed by atoms with Crippen LogP contribution >= 0.6 is 0 Å². The Hall–Kier alpha value is 0.440. The van der Waals surface area contributed by atoms with Gasteiger partial charge in [-0.25, -0.2) is 0 Å². The largest absolute Gasteiger partial charge is 1.00 e. The summed E-state index contributed by atoms with van der Waals surface area (Å²) in [5.74, 6) is 0. The van der Waals surface area contributed by atoms with Gasteiger partial charge in [0, 0.05) is 0 Å². The van der Waals surface area contributed by atoms with E-state index in [2.05, 4.69) is 13.8 Å². The van der Waals surface area contributed by atoms with Crippen molar-refractivity contribution in [2.24, 2.45) is 0 Å². The number of hydrogen-bond donors (Lipinski definition) is 0. The molecule has 0 amide bonds. The van der Waals surface area contributed by atoms with E-state index in [0.29, 0.717) is 0 Å². The second-order valence-electron chi connectivity index (χ2n) is 8.84. The zero-order valence-corrected chi connectivity index (χ0v) is 20.0. The Labute approximate surface area is 177 Å². The number of halogens is 1. The van der Waals surface area contributed by atoms with Gasteiger partial charge in [-0.1, -0.05) is 84.0 Å². The van der Waals surface area contributed by atoms with Gasteiger partial charge in [0.15, 0.2) is 0 Å². The van der Waals surface area contributed by atoms with E-state index in [4.69, 9.17) is 0 Å². The first-order chi connectivity index (χ1) is 12.3. The second kappa shape index (κ2) is 18.8. The van der Waals surface area contributed by atoms with Gasteiger partial charge in [0.05, 0.1) is 26.2 Å². The Morgan fingerprint density at radius 2 is 0.885 bits per heavy atom. The van der Waals surface area contributed by atoms with Crippen LogP contribution in [0.4, 0.5) is 0 Å². The van der Waals surface area contributed by atoms with Crippen molar-refractivity contribution in [2.45, 2.75) is 129 Å². The second-order valence-corrected chi connectivity index (χ2v) is 8.84. The van der Waals surface area contributed by atoms with Gasteiger partial charge >= 0.3 is 0 Å².